The van der Waals surface area contributed by atoms with Gasteiger partial charge < -0.3 is 4.57 Å². The third-order valence-corrected chi connectivity index (χ3v) is 5.34. The minimum atomic E-state index is -4.77. The van der Waals surface area contributed by atoms with E-state index in [0.717, 1.165) is 16.8 Å². The number of hydrogen-bond acceptors (Lipinski definition) is 3. The van der Waals surface area contributed by atoms with E-state index in [1.54, 1.807) is 12.1 Å². The van der Waals surface area contributed by atoms with Crippen LogP contribution in [-0.2, 0) is 22.6 Å². The van der Waals surface area contributed by atoms with Crippen LogP contribution in [0.5, 0.6) is 0 Å². The van der Waals surface area contributed by atoms with Crippen LogP contribution in [0.2, 0.25) is 0 Å². The Labute approximate surface area is 138 Å². The van der Waals surface area contributed by atoms with E-state index in [4.69, 9.17) is 0 Å². The highest BCUT2D eigenvalue weighted by Crippen LogP contribution is 2.26. The smallest absolute Gasteiger partial charge is 0.314 e. The predicted octanol–water partition coefficient (Wildman–Crippen LogP) is 3.10. The molecule has 2 aromatic rings. The molecule has 0 saturated heterocycles. The number of halogens is 4. The van der Waals surface area contributed by atoms with E-state index in [1.807, 2.05) is 0 Å². The molecule has 0 saturated carbocycles. The molecule has 0 radical (unpaired) electrons. The summed E-state index contributed by atoms with van der Waals surface area (Å²) in [5, 5.41) is 0. The van der Waals surface area contributed by atoms with Crippen molar-refractivity contribution >= 4 is 25.8 Å². The van der Waals surface area contributed by atoms with E-state index < -0.39 is 32.9 Å². The van der Waals surface area contributed by atoms with E-state index in [0.29, 0.717) is 10.5 Å². The van der Waals surface area contributed by atoms with Crippen molar-refractivity contribution in [1.29, 1.82) is 0 Å². The SMILES string of the molecule is O=c1c(C(F)(F)F)cccn1CCS(=O)(=O)c1ccc(Br)cc1. The van der Waals surface area contributed by atoms with Gasteiger partial charge in [0.15, 0.2) is 9.84 Å². The molecule has 0 aliphatic carbocycles. The summed E-state index contributed by atoms with van der Waals surface area (Å²) in [7, 11) is -3.70. The summed E-state index contributed by atoms with van der Waals surface area (Å²) >= 11 is 3.18. The molecule has 0 bridgehead atoms. The molecule has 0 unspecified atom stereocenters. The van der Waals surface area contributed by atoms with E-state index in [1.165, 1.54) is 12.1 Å². The summed E-state index contributed by atoms with van der Waals surface area (Å²) in [6.45, 7) is -0.360. The largest absolute Gasteiger partial charge is 0.421 e. The summed E-state index contributed by atoms with van der Waals surface area (Å²) in [6, 6.07) is 7.59. The molecular weight excluding hydrogens is 399 g/mol. The average molecular weight is 410 g/mol. The number of alkyl halides is 3. The van der Waals surface area contributed by atoms with Crippen LogP contribution in [-0.4, -0.2) is 18.7 Å². The lowest BCUT2D eigenvalue weighted by Gasteiger charge is -2.10. The number of nitrogens with zero attached hydrogens (tertiary/aromatic N) is 1. The molecule has 0 atom stereocenters. The molecule has 2 rings (SSSR count). The van der Waals surface area contributed by atoms with Crippen LogP contribution in [0.25, 0.3) is 0 Å². The highest BCUT2D eigenvalue weighted by molar-refractivity contribution is 9.10. The predicted molar refractivity (Wildman–Crippen MR) is 81.9 cm³/mol. The fourth-order valence-corrected chi connectivity index (χ4v) is 3.39. The van der Waals surface area contributed by atoms with E-state index in [9.17, 15) is 26.4 Å². The molecule has 0 aliphatic heterocycles. The zero-order valence-corrected chi connectivity index (χ0v) is 14.0. The van der Waals surface area contributed by atoms with Crippen molar-refractivity contribution < 1.29 is 21.6 Å². The maximum absolute atomic E-state index is 12.7. The number of aromatic nitrogens is 1. The van der Waals surface area contributed by atoms with E-state index >= 15 is 0 Å². The average Bonchev–Trinajstić information content (AvgIpc) is 2.45. The van der Waals surface area contributed by atoms with Gasteiger partial charge in [-0.15, -0.1) is 0 Å². The number of benzene rings is 1. The van der Waals surface area contributed by atoms with Gasteiger partial charge in [-0.05, 0) is 36.4 Å². The Morgan fingerprint density at radius 1 is 1.09 bits per heavy atom. The fraction of sp³-hybridized carbons (Fsp3) is 0.214. The Hall–Kier alpha value is -1.61. The first kappa shape index (κ1) is 17.7. The molecule has 0 fully saturated rings. The second-order valence-corrected chi connectivity index (χ2v) is 7.72. The van der Waals surface area contributed by atoms with E-state index in [2.05, 4.69) is 15.9 Å². The van der Waals surface area contributed by atoms with Crippen molar-refractivity contribution in [2.45, 2.75) is 17.6 Å². The van der Waals surface area contributed by atoms with Gasteiger partial charge >= 0.3 is 6.18 Å². The molecule has 1 aromatic heterocycles. The summed E-state index contributed by atoms with van der Waals surface area (Å²) in [4.78, 5) is 11.8. The maximum Gasteiger partial charge on any atom is 0.421 e. The van der Waals surface area contributed by atoms with Gasteiger partial charge in [-0.3, -0.25) is 4.79 Å². The Morgan fingerprint density at radius 2 is 1.70 bits per heavy atom. The molecule has 9 heteroatoms. The summed E-state index contributed by atoms with van der Waals surface area (Å²) in [5.74, 6) is -0.476. The summed E-state index contributed by atoms with van der Waals surface area (Å²) < 4.78 is 63.8. The highest BCUT2D eigenvalue weighted by Gasteiger charge is 2.34. The van der Waals surface area contributed by atoms with Gasteiger partial charge in [0.25, 0.3) is 5.56 Å². The lowest BCUT2D eigenvalue weighted by Crippen LogP contribution is -2.29. The van der Waals surface area contributed by atoms with Gasteiger partial charge in [0.05, 0.1) is 10.6 Å². The van der Waals surface area contributed by atoms with Gasteiger partial charge in [-0.2, -0.15) is 13.2 Å². The van der Waals surface area contributed by atoms with Crippen LogP contribution in [0, 0.1) is 0 Å². The van der Waals surface area contributed by atoms with Crippen LogP contribution in [0.1, 0.15) is 5.56 Å². The number of pyridine rings is 1. The van der Waals surface area contributed by atoms with Crippen molar-refractivity contribution in [3.8, 4) is 0 Å². The van der Waals surface area contributed by atoms with Crippen molar-refractivity contribution in [2.75, 3.05) is 5.75 Å². The first-order chi connectivity index (χ1) is 10.6. The van der Waals surface area contributed by atoms with Crippen LogP contribution < -0.4 is 5.56 Å². The van der Waals surface area contributed by atoms with Crippen molar-refractivity contribution in [2.24, 2.45) is 0 Å². The summed E-state index contributed by atoms with van der Waals surface area (Å²) in [6.07, 6.45) is -3.64. The minimum Gasteiger partial charge on any atom is -0.314 e. The molecule has 1 heterocycles. The number of aryl methyl sites for hydroxylation is 1. The normalized spacial score (nSPS) is 12.3. The van der Waals surface area contributed by atoms with Gasteiger partial charge in [-0.25, -0.2) is 8.42 Å². The van der Waals surface area contributed by atoms with Crippen molar-refractivity contribution in [1.82, 2.24) is 4.57 Å². The third-order valence-electron chi connectivity index (χ3n) is 3.10. The number of hydrogen-bond donors (Lipinski definition) is 0. The Bertz CT molecular complexity index is 858. The molecule has 0 N–H and O–H groups in total. The van der Waals surface area contributed by atoms with Gasteiger partial charge in [0.1, 0.15) is 5.56 Å². The molecule has 1 aromatic carbocycles. The second-order valence-electron chi connectivity index (χ2n) is 4.69. The van der Waals surface area contributed by atoms with Crippen molar-refractivity contribution in [3.63, 3.8) is 0 Å². The quantitative estimate of drug-likeness (QED) is 0.779. The number of rotatable bonds is 4. The lowest BCUT2D eigenvalue weighted by atomic mass is 10.2. The monoisotopic (exact) mass is 409 g/mol. The Kier molecular flexibility index (Phi) is 5.00. The Morgan fingerprint density at radius 3 is 2.26 bits per heavy atom. The van der Waals surface area contributed by atoms with Crippen LogP contribution in [0.3, 0.4) is 0 Å². The fourth-order valence-electron chi connectivity index (χ4n) is 1.91. The first-order valence-electron chi connectivity index (χ1n) is 6.36. The van der Waals surface area contributed by atoms with Gasteiger partial charge in [0.2, 0.25) is 0 Å². The Balaban J connectivity index is 2.24. The van der Waals surface area contributed by atoms with E-state index in [-0.39, 0.29) is 11.4 Å². The summed E-state index contributed by atoms with van der Waals surface area (Å²) in [5.41, 5.74) is -2.58. The molecule has 0 spiro atoms. The zero-order valence-electron chi connectivity index (χ0n) is 11.5. The highest BCUT2D eigenvalue weighted by atomic mass is 79.9. The molecule has 23 heavy (non-hydrogen) atoms. The lowest BCUT2D eigenvalue weighted by molar-refractivity contribution is -0.138. The van der Waals surface area contributed by atoms with Crippen LogP contribution >= 0.6 is 15.9 Å². The van der Waals surface area contributed by atoms with Crippen molar-refractivity contribution in [3.05, 3.63) is 63.0 Å². The molecule has 124 valence electrons. The minimum absolute atomic E-state index is 0.0423. The topological polar surface area (TPSA) is 56.1 Å². The van der Waals surface area contributed by atoms with Crippen LogP contribution in [0.15, 0.2) is 56.8 Å². The molecule has 4 nitrogen and oxygen atoms in total. The maximum atomic E-state index is 12.7. The standard InChI is InChI=1S/C14H11BrF3NO3S/c15-10-3-5-11(6-4-10)23(21,22)9-8-19-7-1-2-12(13(19)20)14(16,17)18/h1-7H,8-9H2. The molecule has 0 aliphatic rings. The molecule has 0 amide bonds. The third kappa shape index (κ3) is 4.23. The number of sulfone groups is 1. The van der Waals surface area contributed by atoms with Gasteiger partial charge in [-0.1, -0.05) is 15.9 Å². The van der Waals surface area contributed by atoms with Gasteiger partial charge in [0, 0.05) is 17.2 Å². The van der Waals surface area contributed by atoms with Crippen LogP contribution in [0.4, 0.5) is 13.2 Å². The second kappa shape index (κ2) is 6.48. The first-order valence-corrected chi connectivity index (χ1v) is 8.81. The molecular formula is C14H11BrF3NO3S. The zero-order chi connectivity index (χ0) is 17.3.